The number of nitrogens with zero attached hydrogens (tertiary/aromatic N) is 4. The number of nitrogens with one attached hydrogen (secondary N) is 1. The molecule has 0 radical (unpaired) electrons. The zero-order chi connectivity index (χ0) is 41.6. The smallest absolute Gasteiger partial charge is 0.415 e. The van der Waals surface area contributed by atoms with E-state index in [4.69, 9.17) is 49.1 Å². The molecule has 6 rings (SSSR count). The number of hydrogen-bond donors (Lipinski definition) is 1. The van der Waals surface area contributed by atoms with E-state index in [0.29, 0.717) is 30.3 Å². The molecule has 2 saturated carbocycles. The van der Waals surface area contributed by atoms with E-state index in [0.717, 1.165) is 25.7 Å². The number of carbonyl (C=O) groups excluding carboxylic acids is 2. The van der Waals surface area contributed by atoms with Crippen LogP contribution in [0.3, 0.4) is 0 Å². The molecule has 5 atom stereocenters. The Morgan fingerprint density at radius 3 is 2.30 bits per heavy atom. The van der Waals surface area contributed by atoms with Crippen molar-refractivity contribution in [2.45, 2.75) is 146 Å². The highest BCUT2D eigenvalue weighted by atomic mass is 35.5. The number of pyridine rings is 1. The van der Waals surface area contributed by atoms with E-state index in [1.54, 1.807) is 65.6 Å². The van der Waals surface area contributed by atoms with Crippen LogP contribution in [0, 0.1) is 0 Å². The van der Waals surface area contributed by atoms with Gasteiger partial charge < -0.3 is 37.5 Å². The molecule has 4 heterocycles. The lowest BCUT2D eigenvalue weighted by Crippen LogP contribution is -2.56. The molecule has 0 unspecified atom stereocenters. The molecule has 57 heavy (non-hydrogen) atoms. The maximum Gasteiger partial charge on any atom is 0.415 e. The van der Waals surface area contributed by atoms with Crippen molar-refractivity contribution in [2.75, 3.05) is 38.4 Å². The lowest BCUT2D eigenvalue weighted by Gasteiger charge is -2.38. The molecular formula is C36H55ClN5O13PS. The molecule has 2 aliphatic heterocycles. The van der Waals surface area contributed by atoms with Gasteiger partial charge in [0.1, 0.15) is 29.1 Å². The number of hydrogen-bond acceptors (Lipinski definition) is 15. The van der Waals surface area contributed by atoms with Gasteiger partial charge in [-0.1, -0.05) is 30.9 Å². The van der Waals surface area contributed by atoms with E-state index < -0.39 is 89.4 Å². The maximum atomic E-state index is 14.6. The Morgan fingerprint density at radius 1 is 1.07 bits per heavy atom. The predicted molar refractivity (Wildman–Crippen MR) is 207 cm³/mol. The summed E-state index contributed by atoms with van der Waals surface area (Å²) < 4.78 is 92.6. The summed E-state index contributed by atoms with van der Waals surface area (Å²) in [4.78, 5) is 34.2. The Hall–Kier alpha value is -2.45. The fourth-order valence-electron chi connectivity index (χ4n) is 7.70. The quantitative estimate of drug-likeness (QED) is 0.156. The average Bonchev–Trinajstić information content (AvgIpc) is 3.86. The van der Waals surface area contributed by atoms with Crippen LogP contribution in [0.5, 0.6) is 0 Å². The third-order valence-electron chi connectivity index (χ3n) is 10.4. The molecule has 2 aromatic rings. The molecule has 4 fully saturated rings. The van der Waals surface area contributed by atoms with Crippen LogP contribution in [-0.2, 0) is 56.9 Å². The lowest BCUT2D eigenvalue weighted by atomic mass is 10.0. The van der Waals surface area contributed by atoms with Crippen molar-refractivity contribution in [1.82, 2.24) is 19.5 Å². The number of amides is 2. The summed E-state index contributed by atoms with van der Waals surface area (Å²) in [5.41, 5.74) is 0.00958. The monoisotopic (exact) mass is 863 g/mol. The molecule has 1 N–H and O–H groups in total. The van der Waals surface area contributed by atoms with E-state index in [2.05, 4.69) is 14.8 Å². The van der Waals surface area contributed by atoms with Crippen LogP contribution in [0.25, 0.3) is 11.0 Å². The third-order valence-corrected chi connectivity index (χ3v) is 14.9. The zero-order valence-corrected chi connectivity index (χ0v) is 36.2. The van der Waals surface area contributed by atoms with E-state index >= 15 is 0 Å². The predicted octanol–water partition coefficient (Wildman–Crippen LogP) is 5.81. The van der Waals surface area contributed by atoms with Crippen LogP contribution in [0.15, 0.2) is 12.3 Å². The zero-order valence-electron chi connectivity index (χ0n) is 33.7. The summed E-state index contributed by atoms with van der Waals surface area (Å²) >= 11 is 6.67. The number of halogens is 1. The van der Waals surface area contributed by atoms with E-state index in [-0.39, 0.29) is 30.1 Å². The van der Waals surface area contributed by atoms with Gasteiger partial charge in [-0.3, -0.25) is 14.3 Å². The Kier molecular flexibility index (Phi) is 13.1. The van der Waals surface area contributed by atoms with Crippen LogP contribution in [0.1, 0.15) is 99.6 Å². The molecule has 18 nitrogen and oxygen atoms in total. The number of ether oxygens (including phenoxy) is 6. The lowest BCUT2D eigenvalue weighted by molar-refractivity contribution is -0.207. The number of methoxy groups -OCH3 is 1. The highest BCUT2D eigenvalue weighted by Crippen LogP contribution is 2.61. The first kappa shape index (κ1) is 44.1. The summed E-state index contributed by atoms with van der Waals surface area (Å²) in [6, 6.07) is 1.48. The molecule has 0 spiro atoms. The van der Waals surface area contributed by atoms with Gasteiger partial charge in [0.05, 0.1) is 48.9 Å². The summed E-state index contributed by atoms with van der Waals surface area (Å²) in [5.74, 6) is -2.38. The van der Waals surface area contributed by atoms with Crippen molar-refractivity contribution < 1.29 is 60.0 Å². The first-order valence-electron chi connectivity index (χ1n) is 19.4. The number of sulfonamides is 1. The van der Waals surface area contributed by atoms with Crippen molar-refractivity contribution in [3.05, 3.63) is 17.4 Å². The van der Waals surface area contributed by atoms with Crippen molar-refractivity contribution in [3.8, 4) is 0 Å². The van der Waals surface area contributed by atoms with E-state index in [1.165, 1.54) is 11.8 Å². The average molecular weight is 864 g/mol. The first-order valence-corrected chi connectivity index (χ1v) is 22.9. The van der Waals surface area contributed by atoms with Crippen LogP contribution < -0.4 is 9.62 Å². The standard InChI is InChI=1S/C36H55ClN5O13PS/c1-9-50-56(45,51-10-2)36(21-48-8,32(43)40-57(46,47)23-16-13-17-23)49-20-26-28-29(54-35(6,7)53-28)31(52-26)42-30-24(19-38-42)25(18-27(37)39-30)41(22-14-11-12-15-22)33(44)55-34(3,4)5/h18-19,22-23,26,28-29,31H,9-17,20-21H2,1-8H3,(H,40,43)/t26-,28-,29-,31-,36+/m1/s1. The molecule has 2 aliphatic carbocycles. The van der Waals surface area contributed by atoms with Gasteiger partial charge in [0.2, 0.25) is 10.0 Å². The van der Waals surface area contributed by atoms with Gasteiger partial charge in [-0.05, 0) is 74.1 Å². The second-order valence-corrected chi connectivity index (χ2v) is 20.7. The topological polar surface area (TPSA) is 205 Å². The minimum Gasteiger partial charge on any atom is -0.443 e. The SMILES string of the molecule is CCOP(=O)(OCC)[C@](COC)(OC[C@H]1O[C@@H](n2ncc3c(N(C(=O)OC(C)(C)C)C4CCCC4)cc(Cl)nc32)[C@@H]2OC(C)(C)O[C@@H]21)C(=O)NS(=O)(=O)C1CCC1. The second-order valence-electron chi connectivity index (χ2n) is 16.1. The molecule has 2 aromatic heterocycles. The number of aromatic nitrogens is 3. The van der Waals surface area contributed by atoms with Gasteiger partial charge in [-0.25, -0.2) is 27.6 Å². The Bertz CT molecular complexity index is 1940. The minimum absolute atomic E-state index is 0.0963. The Morgan fingerprint density at radius 2 is 1.72 bits per heavy atom. The third kappa shape index (κ3) is 8.89. The van der Waals surface area contributed by atoms with Crippen molar-refractivity contribution in [2.24, 2.45) is 0 Å². The molecular weight excluding hydrogens is 809 g/mol. The number of fused-ring (bicyclic) bond motifs is 2. The van der Waals surface area contributed by atoms with Crippen LogP contribution in [0.4, 0.5) is 10.5 Å². The van der Waals surface area contributed by atoms with Gasteiger partial charge in [-0.2, -0.15) is 5.10 Å². The first-order chi connectivity index (χ1) is 26.8. The largest absolute Gasteiger partial charge is 0.443 e. The van der Waals surface area contributed by atoms with Gasteiger partial charge >= 0.3 is 13.7 Å². The molecule has 21 heteroatoms. The highest BCUT2D eigenvalue weighted by molar-refractivity contribution is 7.90. The van der Waals surface area contributed by atoms with Crippen LogP contribution >= 0.6 is 19.2 Å². The fourth-order valence-corrected chi connectivity index (χ4v) is 11.5. The number of anilines is 1. The van der Waals surface area contributed by atoms with E-state index in [1.807, 2.05) is 0 Å². The summed E-state index contributed by atoms with van der Waals surface area (Å²) in [5, 5.41) is 1.88. The summed E-state index contributed by atoms with van der Waals surface area (Å²) in [6.07, 6.45) is 2.22. The molecule has 0 aromatic carbocycles. The van der Waals surface area contributed by atoms with Gasteiger partial charge in [0.25, 0.3) is 11.2 Å². The van der Waals surface area contributed by atoms with Gasteiger partial charge in [-0.15, -0.1) is 0 Å². The normalized spacial score (nSPS) is 25.3. The fraction of sp³-hybridized carbons (Fsp3) is 0.778. The van der Waals surface area contributed by atoms with E-state index in [9.17, 15) is 22.6 Å². The van der Waals surface area contributed by atoms with Crippen molar-refractivity contribution in [1.29, 1.82) is 0 Å². The Labute approximate surface area is 338 Å². The van der Waals surface area contributed by atoms with Crippen LogP contribution in [0.2, 0.25) is 5.15 Å². The number of rotatable bonds is 16. The maximum absolute atomic E-state index is 14.6. The molecule has 320 valence electrons. The minimum atomic E-state index is -4.63. The van der Waals surface area contributed by atoms with Crippen molar-refractivity contribution >= 4 is 57.9 Å². The molecule has 2 saturated heterocycles. The molecule has 0 bridgehead atoms. The van der Waals surface area contributed by atoms with Gasteiger partial charge in [0, 0.05) is 19.2 Å². The molecule has 2 amide bonds. The highest BCUT2D eigenvalue weighted by Gasteiger charge is 2.62. The summed E-state index contributed by atoms with van der Waals surface area (Å²) in [7, 11) is -7.57. The Balaban J connectivity index is 1.36. The number of carbonyl (C=O) groups is 2. The van der Waals surface area contributed by atoms with Crippen molar-refractivity contribution in [3.63, 3.8) is 0 Å². The van der Waals surface area contributed by atoms with Crippen LogP contribution in [-0.4, -0.2) is 115 Å². The second kappa shape index (κ2) is 16.9. The van der Waals surface area contributed by atoms with Gasteiger partial charge in [0.15, 0.2) is 17.7 Å². The summed E-state index contributed by atoms with van der Waals surface area (Å²) in [6.45, 7) is 10.4. The molecule has 4 aliphatic rings.